The number of nitrogens with one attached hydrogen (secondary N) is 1. The Morgan fingerprint density at radius 2 is 2.25 bits per heavy atom. The highest BCUT2D eigenvalue weighted by atomic mass is 19.3. The van der Waals surface area contributed by atoms with E-state index in [9.17, 15) is 8.78 Å². The second-order valence-corrected chi connectivity index (χ2v) is 5.22. The number of likely N-dealkylation sites (tertiary alicyclic amines) is 1. The van der Waals surface area contributed by atoms with E-state index in [1.54, 1.807) is 18.2 Å². The van der Waals surface area contributed by atoms with Gasteiger partial charge in [-0.15, -0.1) is 0 Å². The van der Waals surface area contributed by atoms with Crippen LogP contribution in [-0.4, -0.2) is 37.7 Å². The summed E-state index contributed by atoms with van der Waals surface area (Å²) in [5.41, 5.74) is 1.02. The van der Waals surface area contributed by atoms with Gasteiger partial charge < -0.3 is 10.1 Å². The van der Waals surface area contributed by atoms with Gasteiger partial charge in [0.2, 0.25) is 0 Å². The van der Waals surface area contributed by atoms with Gasteiger partial charge in [0.1, 0.15) is 5.75 Å². The molecule has 0 bridgehead atoms. The van der Waals surface area contributed by atoms with Gasteiger partial charge in [-0.3, -0.25) is 4.90 Å². The van der Waals surface area contributed by atoms with Gasteiger partial charge in [-0.25, -0.2) is 0 Å². The number of benzene rings is 1. The summed E-state index contributed by atoms with van der Waals surface area (Å²) >= 11 is 0. The molecule has 20 heavy (non-hydrogen) atoms. The monoisotopic (exact) mass is 284 g/mol. The fraction of sp³-hybridized carbons (Fsp3) is 0.600. The number of likely N-dealkylation sites (N-methyl/N-ethyl adjacent to an activating group) is 1. The number of rotatable bonds is 6. The van der Waals surface area contributed by atoms with E-state index in [-0.39, 0.29) is 11.8 Å². The Labute approximate surface area is 118 Å². The van der Waals surface area contributed by atoms with Crippen molar-refractivity contribution in [2.24, 2.45) is 0 Å². The molecule has 0 spiro atoms. The molecule has 2 atom stereocenters. The van der Waals surface area contributed by atoms with Crippen molar-refractivity contribution in [3.05, 3.63) is 29.8 Å². The van der Waals surface area contributed by atoms with Crippen LogP contribution in [0, 0.1) is 0 Å². The van der Waals surface area contributed by atoms with Gasteiger partial charge in [-0.2, -0.15) is 8.78 Å². The van der Waals surface area contributed by atoms with Gasteiger partial charge in [0, 0.05) is 18.6 Å². The molecule has 2 rings (SSSR count). The number of alkyl halides is 2. The molecular weight excluding hydrogens is 262 g/mol. The third kappa shape index (κ3) is 3.67. The van der Waals surface area contributed by atoms with Crippen molar-refractivity contribution in [2.75, 3.05) is 20.1 Å². The maximum absolute atomic E-state index is 12.3. The highest BCUT2D eigenvalue weighted by molar-refractivity contribution is 5.30. The lowest BCUT2D eigenvalue weighted by molar-refractivity contribution is -0.0499. The molecule has 0 aliphatic carbocycles. The quantitative estimate of drug-likeness (QED) is 0.869. The lowest BCUT2D eigenvalue weighted by Gasteiger charge is -2.31. The number of hydrogen-bond donors (Lipinski definition) is 1. The minimum atomic E-state index is -2.77. The Hall–Kier alpha value is -1.20. The minimum Gasteiger partial charge on any atom is -0.435 e. The maximum Gasteiger partial charge on any atom is 0.387 e. The first-order valence-corrected chi connectivity index (χ1v) is 7.07. The van der Waals surface area contributed by atoms with Crippen LogP contribution in [0.4, 0.5) is 8.78 Å². The summed E-state index contributed by atoms with van der Waals surface area (Å²) in [6.45, 7) is 1.35. The van der Waals surface area contributed by atoms with Crippen LogP contribution in [0.2, 0.25) is 0 Å². The first-order chi connectivity index (χ1) is 9.61. The summed E-state index contributed by atoms with van der Waals surface area (Å²) in [6.07, 6.45) is 2.36. The Kier molecular flexibility index (Phi) is 5.31. The van der Waals surface area contributed by atoms with E-state index in [0.29, 0.717) is 6.04 Å². The Balaban J connectivity index is 2.09. The number of nitrogens with zero attached hydrogens (tertiary/aromatic N) is 1. The van der Waals surface area contributed by atoms with Crippen LogP contribution in [0.5, 0.6) is 5.75 Å². The molecule has 3 nitrogen and oxygen atoms in total. The molecule has 1 aromatic carbocycles. The molecule has 112 valence electrons. The molecule has 0 saturated carbocycles. The van der Waals surface area contributed by atoms with Crippen LogP contribution in [0.1, 0.15) is 31.4 Å². The summed E-state index contributed by atoms with van der Waals surface area (Å²) in [7, 11) is 1.96. The SMILES string of the molecule is CNCC1CCCN1C(C)c1cccc(OC(F)F)c1. The lowest BCUT2D eigenvalue weighted by Crippen LogP contribution is -2.38. The highest BCUT2D eigenvalue weighted by Crippen LogP contribution is 2.30. The molecule has 1 aliphatic rings. The smallest absolute Gasteiger partial charge is 0.387 e. The van der Waals surface area contributed by atoms with Gasteiger partial charge in [0.25, 0.3) is 0 Å². The zero-order chi connectivity index (χ0) is 14.5. The van der Waals surface area contributed by atoms with Crippen LogP contribution >= 0.6 is 0 Å². The van der Waals surface area contributed by atoms with Crippen LogP contribution in [0.25, 0.3) is 0 Å². The van der Waals surface area contributed by atoms with E-state index in [0.717, 1.165) is 18.7 Å². The molecular formula is C15H22F2N2O. The molecule has 1 aliphatic heterocycles. The van der Waals surface area contributed by atoms with Gasteiger partial charge in [-0.1, -0.05) is 12.1 Å². The second kappa shape index (κ2) is 6.99. The zero-order valence-electron chi connectivity index (χ0n) is 12.0. The van der Waals surface area contributed by atoms with Gasteiger partial charge in [0.05, 0.1) is 0 Å². The molecule has 1 N–H and O–H groups in total. The van der Waals surface area contributed by atoms with Crippen molar-refractivity contribution in [2.45, 2.75) is 38.5 Å². The van der Waals surface area contributed by atoms with E-state index >= 15 is 0 Å². The van der Waals surface area contributed by atoms with Crippen LogP contribution < -0.4 is 10.1 Å². The fourth-order valence-electron chi connectivity index (χ4n) is 2.96. The van der Waals surface area contributed by atoms with E-state index in [1.807, 2.05) is 13.1 Å². The predicted octanol–water partition coefficient (Wildman–Crippen LogP) is 3.03. The van der Waals surface area contributed by atoms with E-state index in [2.05, 4.69) is 21.9 Å². The normalized spacial score (nSPS) is 21.4. The highest BCUT2D eigenvalue weighted by Gasteiger charge is 2.28. The summed E-state index contributed by atoms with van der Waals surface area (Å²) < 4.78 is 29.0. The van der Waals surface area contributed by atoms with Gasteiger partial charge in [0.15, 0.2) is 0 Å². The Morgan fingerprint density at radius 3 is 2.95 bits per heavy atom. The molecule has 1 fully saturated rings. The largest absolute Gasteiger partial charge is 0.435 e. The molecule has 0 amide bonds. The summed E-state index contributed by atoms with van der Waals surface area (Å²) in [5, 5.41) is 3.22. The van der Waals surface area contributed by atoms with Crippen molar-refractivity contribution in [3.8, 4) is 5.75 Å². The zero-order valence-corrected chi connectivity index (χ0v) is 12.0. The number of hydrogen-bond acceptors (Lipinski definition) is 3. The second-order valence-electron chi connectivity index (χ2n) is 5.22. The average Bonchev–Trinajstić information content (AvgIpc) is 2.86. The van der Waals surface area contributed by atoms with Crippen LogP contribution in [0.3, 0.4) is 0 Å². The first-order valence-electron chi connectivity index (χ1n) is 7.07. The number of ether oxygens (including phenoxy) is 1. The van der Waals surface area contributed by atoms with Crippen LogP contribution in [0.15, 0.2) is 24.3 Å². The molecule has 2 unspecified atom stereocenters. The predicted molar refractivity (Wildman–Crippen MR) is 75.1 cm³/mol. The van der Waals surface area contributed by atoms with Crippen molar-refractivity contribution in [3.63, 3.8) is 0 Å². The third-order valence-corrected chi connectivity index (χ3v) is 3.93. The third-order valence-electron chi connectivity index (χ3n) is 3.93. The van der Waals surface area contributed by atoms with Crippen molar-refractivity contribution < 1.29 is 13.5 Å². The van der Waals surface area contributed by atoms with E-state index < -0.39 is 6.61 Å². The molecule has 0 aromatic heterocycles. The van der Waals surface area contributed by atoms with Crippen molar-refractivity contribution in [1.29, 1.82) is 0 Å². The van der Waals surface area contributed by atoms with E-state index in [1.165, 1.54) is 12.8 Å². The van der Waals surface area contributed by atoms with Crippen molar-refractivity contribution in [1.82, 2.24) is 10.2 Å². The minimum absolute atomic E-state index is 0.206. The molecule has 0 radical (unpaired) electrons. The standard InChI is InChI=1S/C15H22F2N2O/c1-11(19-8-4-6-13(19)10-18-2)12-5-3-7-14(9-12)20-15(16)17/h3,5,7,9,11,13,15,18H,4,6,8,10H2,1-2H3. The summed E-state index contributed by atoms with van der Waals surface area (Å²) in [6, 6.07) is 7.74. The summed E-state index contributed by atoms with van der Waals surface area (Å²) in [5.74, 6) is 0.230. The first kappa shape index (κ1) is 15.2. The van der Waals surface area contributed by atoms with E-state index in [4.69, 9.17) is 0 Å². The number of halogens is 2. The lowest BCUT2D eigenvalue weighted by atomic mass is 10.1. The summed E-state index contributed by atoms with van der Waals surface area (Å²) in [4.78, 5) is 2.43. The van der Waals surface area contributed by atoms with Crippen molar-refractivity contribution >= 4 is 0 Å². The maximum atomic E-state index is 12.3. The molecule has 1 aromatic rings. The van der Waals surface area contributed by atoms with Crippen LogP contribution in [-0.2, 0) is 0 Å². The van der Waals surface area contributed by atoms with Gasteiger partial charge in [-0.05, 0) is 51.1 Å². The Morgan fingerprint density at radius 1 is 1.45 bits per heavy atom. The Bertz CT molecular complexity index is 428. The molecule has 1 heterocycles. The molecule has 5 heteroatoms. The van der Waals surface area contributed by atoms with Gasteiger partial charge >= 0.3 is 6.61 Å². The fourth-order valence-corrected chi connectivity index (χ4v) is 2.96. The molecule has 1 saturated heterocycles. The average molecular weight is 284 g/mol. The topological polar surface area (TPSA) is 24.5 Å².